The average molecular weight is 267 g/mol. The van der Waals surface area contributed by atoms with Crippen molar-refractivity contribution in [2.45, 2.75) is 31.3 Å². The van der Waals surface area contributed by atoms with Crippen molar-refractivity contribution in [1.29, 1.82) is 0 Å². The summed E-state index contributed by atoms with van der Waals surface area (Å²) in [5.41, 5.74) is -0.987. The lowest BCUT2D eigenvalue weighted by molar-refractivity contribution is -0.384. The molecule has 3 N–H and O–H groups in total. The number of rotatable bonds is 5. The third kappa shape index (κ3) is 3.08. The number of nitrogens with zero attached hydrogens (tertiary/aromatic N) is 3. The third-order valence-electron chi connectivity index (χ3n) is 3.31. The molecule has 1 aromatic rings. The van der Waals surface area contributed by atoms with Crippen LogP contribution in [0.3, 0.4) is 0 Å². The summed E-state index contributed by atoms with van der Waals surface area (Å²) < 4.78 is 0. The van der Waals surface area contributed by atoms with Gasteiger partial charge in [-0.1, -0.05) is 12.8 Å². The number of nitro groups is 1. The molecule has 1 saturated carbocycles. The van der Waals surface area contributed by atoms with Crippen LogP contribution < -0.4 is 10.6 Å². The van der Waals surface area contributed by atoms with Crippen molar-refractivity contribution in [3.8, 4) is 0 Å². The first kappa shape index (κ1) is 13.5. The highest BCUT2D eigenvalue weighted by atomic mass is 16.6. The van der Waals surface area contributed by atoms with Gasteiger partial charge in [0.2, 0.25) is 11.8 Å². The summed E-state index contributed by atoms with van der Waals surface area (Å²) in [4.78, 5) is 18.2. The zero-order valence-electron chi connectivity index (χ0n) is 10.7. The van der Waals surface area contributed by atoms with Crippen molar-refractivity contribution in [3.05, 3.63) is 16.3 Å². The van der Waals surface area contributed by atoms with Gasteiger partial charge in [0.1, 0.15) is 6.20 Å². The first-order valence-electron chi connectivity index (χ1n) is 6.19. The molecule has 0 unspecified atom stereocenters. The molecule has 1 aliphatic carbocycles. The Labute approximate surface area is 110 Å². The van der Waals surface area contributed by atoms with Crippen LogP contribution >= 0.6 is 0 Å². The van der Waals surface area contributed by atoms with Gasteiger partial charge >= 0.3 is 5.69 Å². The van der Waals surface area contributed by atoms with E-state index < -0.39 is 10.5 Å². The molecule has 0 atom stereocenters. The summed E-state index contributed by atoms with van der Waals surface area (Å²) >= 11 is 0. The van der Waals surface area contributed by atoms with Gasteiger partial charge in [-0.05, 0) is 12.8 Å². The van der Waals surface area contributed by atoms with E-state index in [0.717, 1.165) is 19.0 Å². The van der Waals surface area contributed by atoms with Gasteiger partial charge in [0.05, 0.1) is 10.5 Å². The van der Waals surface area contributed by atoms with E-state index in [2.05, 4.69) is 20.6 Å². The molecule has 0 radical (unpaired) electrons. The number of aliphatic hydroxyl groups is 1. The van der Waals surface area contributed by atoms with Gasteiger partial charge in [-0.15, -0.1) is 0 Å². The van der Waals surface area contributed by atoms with Crippen LogP contribution in [-0.4, -0.2) is 39.2 Å². The van der Waals surface area contributed by atoms with Crippen LogP contribution in [0.25, 0.3) is 0 Å². The Bertz CT molecular complexity index is 473. The van der Waals surface area contributed by atoms with E-state index in [1.165, 1.54) is 0 Å². The molecular weight excluding hydrogens is 250 g/mol. The van der Waals surface area contributed by atoms with Gasteiger partial charge in [0, 0.05) is 13.6 Å². The Hall–Kier alpha value is -1.96. The molecule has 104 valence electrons. The normalized spacial score (nSPS) is 17.2. The van der Waals surface area contributed by atoms with Crippen molar-refractivity contribution in [3.63, 3.8) is 0 Å². The minimum absolute atomic E-state index is 0.129. The van der Waals surface area contributed by atoms with Crippen molar-refractivity contribution in [1.82, 2.24) is 9.97 Å². The lowest BCUT2D eigenvalue weighted by Crippen LogP contribution is -2.33. The van der Waals surface area contributed by atoms with Crippen LogP contribution in [0.5, 0.6) is 0 Å². The predicted octanol–water partition coefficient (Wildman–Crippen LogP) is 1.14. The van der Waals surface area contributed by atoms with Gasteiger partial charge < -0.3 is 15.7 Å². The molecule has 1 aliphatic rings. The Morgan fingerprint density at radius 1 is 1.53 bits per heavy atom. The zero-order valence-corrected chi connectivity index (χ0v) is 10.7. The molecule has 0 bridgehead atoms. The van der Waals surface area contributed by atoms with Crippen LogP contribution in [-0.2, 0) is 0 Å². The maximum absolute atomic E-state index is 10.9. The fourth-order valence-electron chi connectivity index (χ4n) is 2.22. The molecule has 1 heterocycles. The third-order valence-corrected chi connectivity index (χ3v) is 3.31. The molecule has 19 heavy (non-hydrogen) atoms. The van der Waals surface area contributed by atoms with Gasteiger partial charge in [-0.25, -0.2) is 4.98 Å². The lowest BCUT2D eigenvalue weighted by Gasteiger charge is -2.22. The summed E-state index contributed by atoms with van der Waals surface area (Å²) in [5, 5.41) is 26.7. The maximum Gasteiger partial charge on any atom is 0.329 e. The van der Waals surface area contributed by atoms with Crippen LogP contribution in [0.1, 0.15) is 25.7 Å². The molecule has 1 fully saturated rings. The SMILES string of the molecule is CNc1ncc([N+](=O)[O-])c(NCC2(O)CCCC2)n1. The van der Waals surface area contributed by atoms with Gasteiger partial charge in [0.15, 0.2) is 0 Å². The molecule has 2 rings (SSSR count). The second kappa shape index (κ2) is 5.35. The van der Waals surface area contributed by atoms with Crippen molar-refractivity contribution < 1.29 is 10.0 Å². The molecular formula is C11H17N5O3. The van der Waals surface area contributed by atoms with E-state index in [4.69, 9.17) is 0 Å². The molecule has 8 nitrogen and oxygen atoms in total. The van der Waals surface area contributed by atoms with Crippen LogP contribution in [0.4, 0.5) is 17.5 Å². The summed E-state index contributed by atoms with van der Waals surface area (Å²) in [7, 11) is 1.63. The minimum atomic E-state index is -0.793. The smallest absolute Gasteiger partial charge is 0.329 e. The summed E-state index contributed by atoms with van der Waals surface area (Å²) in [6.45, 7) is 0.258. The largest absolute Gasteiger partial charge is 0.388 e. The molecule has 0 saturated heterocycles. The number of anilines is 2. The number of hydrogen-bond donors (Lipinski definition) is 3. The zero-order chi connectivity index (χ0) is 13.9. The minimum Gasteiger partial charge on any atom is -0.388 e. The van der Waals surface area contributed by atoms with Crippen molar-refractivity contribution in [2.75, 3.05) is 24.2 Å². The monoisotopic (exact) mass is 267 g/mol. The van der Waals surface area contributed by atoms with Gasteiger partial charge in [-0.3, -0.25) is 10.1 Å². The first-order chi connectivity index (χ1) is 9.04. The van der Waals surface area contributed by atoms with E-state index in [1.54, 1.807) is 7.05 Å². The molecule has 0 spiro atoms. The summed E-state index contributed by atoms with van der Waals surface area (Å²) in [6, 6.07) is 0. The molecule has 0 aromatic carbocycles. The molecule has 8 heteroatoms. The summed E-state index contributed by atoms with van der Waals surface area (Å²) in [6.07, 6.45) is 4.52. The molecule has 0 aliphatic heterocycles. The molecule has 0 amide bonds. The van der Waals surface area contributed by atoms with Gasteiger partial charge in [0.25, 0.3) is 0 Å². The second-order valence-corrected chi connectivity index (χ2v) is 4.72. The number of nitrogens with one attached hydrogen (secondary N) is 2. The van der Waals surface area contributed by atoms with Crippen LogP contribution in [0.15, 0.2) is 6.20 Å². The van der Waals surface area contributed by atoms with E-state index in [-0.39, 0.29) is 18.1 Å². The number of aromatic nitrogens is 2. The number of hydrogen-bond acceptors (Lipinski definition) is 7. The Morgan fingerprint density at radius 3 is 2.79 bits per heavy atom. The van der Waals surface area contributed by atoms with Crippen molar-refractivity contribution >= 4 is 17.5 Å². The standard InChI is InChI=1S/C11H17N5O3/c1-12-10-13-6-8(16(18)19)9(15-10)14-7-11(17)4-2-3-5-11/h6,17H,2-5,7H2,1H3,(H2,12,13,14,15). The quantitative estimate of drug-likeness (QED) is 0.541. The maximum atomic E-state index is 10.9. The second-order valence-electron chi connectivity index (χ2n) is 4.72. The average Bonchev–Trinajstić information content (AvgIpc) is 2.83. The van der Waals surface area contributed by atoms with Crippen LogP contribution in [0.2, 0.25) is 0 Å². The fraction of sp³-hybridized carbons (Fsp3) is 0.636. The Balaban J connectivity index is 2.15. The fourth-order valence-corrected chi connectivity index (χ4v) is 2.22. The van der Waals surface area contributed by atoms with E-state index in [0.29, 0.717) is 18.8 Å². The Morgan fingerprint density at radius 2 is 2.21 bits per heavy atom. The van der Waals surface area contributed by atoms with E-state index in [1.807, 2.05) is 0 Å². The topological polar surface area (TPSA) is 113 Å². The first-order valence-corrected chi connectivity index (χ1v) is 6.19. The lowest BCUT2D eigenvalue weighted by atomic mass is 10.0. The van der Waals surface area contributed by atoms with E-state index >= 15 is 0 Å². The van der Waals surface area contributed by atoms with Crippen molar-refractivity contribution in [2.24, 2.45) is 0 Å². The summed E-state index contributed by atoms with van der Waals surface area (Å²) in [5.74, 6) is 0.427. The van der Waals surface area contributed by atoms with Gasteiger partial charge in [-0.2, -0.15) is 4.98 Å². The van der Waals surface area contributed by atoms with E-state index in [9.17, 15) is 15.2 Å². The highest BCUT2D eigenvalue weighted by molar-refractivity contribution is 5.57. The highest BCUT2D eigenvalue weighted by Gasteiger charge is 2.31. The van der Waals surface area contributed by atoms with Crippen LogP contribution in [0, 0.1) is 10.1 Å². The Kier molecular flexibility index (Phi) is 3.79. The highest BCUT2D eigenvalue weighted by Crippen LogP contribution is 2.30. The predicted molar refractivity (Wildman–Crippen MR) is 70.1 cm³/mol. The molecule has 1 aromatic heterocycles.